The topological polar surface area (TPSA) is 66.2 Å². The van der Waals surface area contributed by atoms with E-state index in [-0.39, 0.29) is 31.7 Å². The summed E-state index contributed by atoms with van der Waals surface area (Å²) in [5, 5.41) is 3.45. The zero-order valence-corrected chi connectivity index (χ0v) is 24.0. The zero-order chi connectivity index (χ0) is 29.4. The fourth-order valence-electron chi connectivity index (χ4n) is 5.95. The normalized spacial score (nSPS) is 19.4. The number of carbonyl (C=O) groups excluding carboxylic acids is 1. The molecule has 8 nitrogen and oxygen atoms in total. The van der Waals surface area contributed by atoms with E-state index in [2.05, 4.69) is 23.4 Å². The maximum atomic E-state index is 15.9. The molecule has 2 aliphatic rings. The lowest BCUT2D eigenvalue weighted by atomic mass is 9.99. The highest BCUT2D eigenvalue weighted by molar-refractivity contribution is 7.17. The number of aromatic nitrogens is 2. The van der Waals surface area contributed by atoms with Gasteiger partial charge < -0.3 is 24.3 Å². The van der Waals surface area contributed by atoms with Crippen molar-refractivity contribution in [2.75, 3.05) is 51.3 Å². The number of fused-ring (bicyclic) bond motifs is 2. The van der Waals surface area contributed by atoms with Crippen molar-refractivity contribution in [1.82, 2.24) is 19.8 Å². The van der Waals surface area contributed by atoms with E-state index in [0.717, 1.165) is 35.0 Å². The minimum atomic E-state index is -1.06. The predicted molar refractivity (Wildman–Crippen MR) is 161 cm³/mol. The van der Waals surface area contributed by atoms with Crippen molar-refractivity contribution in [3.8, 4) is 17.1 Å². The molecule has 0 unspecified atom stereocenters. The number of amides is 1. The molecule has 0 bridgehead atoms. The highest BCUT2D eigenvalue weighted by Crippen LogP contribution is 2.37. The molecule has 6 rings (SSSR count). The molecular weight excluding hydrogens is 558 g/mol. The van der Waals surface area contributed by atoms with Gasteiger partial charge >= 0.3 is 6.01 Å². The van der Waals surface area contributed by atoms with Crippen LogP contribution in [0.2, 0.25) is 0 Å². The summed E-state index contributed by atoms with van der Waals surface area (Å²) in [6, 6.07) is 10.8. The number of thiophene rings is 1. The van der Waals surface area contributed by atoms with E-state index >= 15 is 4.39 Å². The van der Waals surface area contributed by atoms with E-state index in [1.165, 1.54) is 11.0 Å². The van der Waals surface area contributed by atoms with Crippen LogP contribution >= 0.6 is 11.3 Å². The second kappa shape index (κ2) is 11.6. The molecule has 0 spiro atoms. The van der Waals surface area contributed by atoms with Crippen molar-refractivity contribution in [2.45, 2.75) is 24.9 Å². The molecule has 1 amide bonds. The first-order valence-corrected chi connectivity index (χ1v) is 14.8. The molecule has 0 radical (unpaired) electrons. The van der Waals surface area contributed by atoms with Gasteiger partial charge in [0, 0.05) is 46.7 Å². The number of rotatable bonds is 7. The Morgan fingerprint density at radius 1 is 1.17 bits per heavy atom. The largest absolute Gasteiger partial charge is 0.462 e. The lowest BCUT2D eigenvalue weighted by molar-refractivity contribution is -0.131. The molecule has 2 aromatic carbocycles. The van der Waals surface area contributed by atoms with Crippen molar-refractivity contribution in [3.05, 3.63) is 71.4 Å². The van der Waals surface area contributed by atoms with Crippen LogP contribution in [0.15, 0.2) is 54.2 Å². The smallest absolute Gasteiger partial charge is 0.319 e. The number of benzene rings is 2. The fraction of sp³-hybridized carbons (Fsp3) is 0.355. The molecule has 0 N–H and O–H groups in total. The molecular formula is C31H30F2N6O2S. The number of hydrogen-bond donors (Lipinski definition) is 0. The van der Waals surface area contributed by atoms with Crippen LogP contribution in [0.4, 0.5) is 14.6 Å². The number of likely N-dealkylation sites (tertiary alicyclic amines) is 1. The van der Waals surface area contributed by atoms with Crippen LogP contribution in [0.25, 0.3) is 37.0 Å². The predicted octanol–water partition coefficient (Wildman–Crippen LogP) is 5.54. The molecule has 216 valence electrons. The van der Waals surface area contributed by atoms with Gasteiger partial charge in [0.05, 0.1) is 5.52 Å². The average molecular weight is 589 g/mol. The summed E-state index contributed by atoms with van der Waals surface area (Å²) in [4.78, 5) is 30.9. The summed E-state index contributed by atoms with van der Waals surface area (Å²) < 4.78 is 36.8. The van der Waals surface area contributed by atoms with Gasteiger partial charge in [0.1, 0.15) is 24.3 Å². The summed E-state index contributed by atoms with van der Waals surface area (Å²) in [5.74, 6) is -1.84. The van der Waals surface area contributed by atoms with Gasteiger partial charge in [-0.15, -0.1) is 11.3 Å². The number of halogens is 2. The number of carbonyl (C=O) groups is 1. The van der Waals surface area contributed by atoms with Crippen LogP contribution in [-0.4, -0.2) is 84.1 Å². The number of nitrogens with zero attached hydrogens (tertiary/aromatic N) is 6. The quantitative estimate of drug-likeness (QED) is 0.209. The monoisotopic (exact) mass is 588 g/mol. The standard InChI is InChI=1S/C31H30F2N6O2S/c1-19(32)30(40)39-12-11-38(17-21(39)16-34-2)29-25-14-26(33)24(22-7-4-8-28-23(22)9-13-42-28)15-27(25)35-31(36-29)41-18-20-6-5-10-37(20)3/h4,7-9,13-15,20-21H,1,5-6,10-12,16-18H2,3H3/t20-,21-/m0/s1. The third-order valence-electron chi connectivity index (χ3n) is 8.18. The Morgan fingerprint density at radius 3 is 2.79 bits per heavy atom. The van der Waals surface area contributed by atoms with Gasteiger partial charge in [0.15, 0.2) is 5.83 Å². The van der Waals surface area contributed by atoms with E-state index in [1.54, 1.807) is 17.4 Å². The van der Waals surface area contributed by atoms with E-state index in [0.29, 0.717) is 35.4 Å². The minimum absolute atomic E-state index is 0.0148. The molecule has 0 aliphatic carbocycles. The van der Waals surface area contributed by atoms with Crippen LogP contribution in [-0.2, 0) is 4.79 Å². The first kappa shape index (κ1) is 28.0. The molecule has 2 fully saturated rings. The lowest BCUT2D eigenvalue weighted by Gasteiger charge is -2.39. The van der Waals surface area contributed by atoms with Gasteiger partial charge in [0.2, 0.25) is 6.54 Å². The third kappa shape index (κ3) is 5.28. The van der Waals surface area contributed by atoms with Crippen molar-refractivity contribution >= 4 is 44.1 Å². The first-order valence-electron chi connectivity index (χ1n) is 13.9. The van der Waals surface area contributed by atoms with Gasteiger partial charge in [-0.25, -0.2) is 15.4 Å². The Labute approximate surface area is 246 Å². The van der Waals surface area contributed by atoms with Crippen molar-refractivity contribution in [2.24, 2.45) is 0 Å². The Hall–Kier alpha value is -4.14. The highest BCUT2D eigenvalue weighted by atomic mass is 32.1. The summed E-state index contributed by atoms with van der Waals surface area (Å²) in [5.41, 5.74) is 1.73. The second-order valence-electron chi connectivity index (χ2n) is 10.7. The summed E-state index contributed by atoms with van der Waals surface area (Å²) >= 11 is 1.60. The van der Waals surface area contributed by atoms with Crippen molar-refractivity contribution in [3.63, 3.8) is 0 Å². The number of anilines is 1. The molecule has 2 aliphatic heterocycles. The minimum Gasteiger partial charge on any atom is -0.462 e. The summed E-state index contributed by atoms with van der Waals surface area (Å²) in [7, 11) is 2.07. The molecule has 0 saturated carbocycles. The van der Waals surface area contributed by atoms with Gasteiger partial charge in [-0.1, -0.05) is 18.7 Å². The van der Waals surface area contributed by atoms with Gasteiger partial charge in [-0.3, -0.25) is 4.79 Å². The van der Waals surface area contributed by atoms with Crippen molar-refractivity contribution < 1.29 is 18.3 Å². The number of likely N-dealkylation sites (N-methyl/N-ethyl adjacent to an activating group) is 1. The number of ether oxygens (including phenoxy) is 1. The van der Waals surface area contributed by atoms with Gasteiger partial charge in [0.25, 0.3) is 5.91 Å². The summed E-state index contributed by atoms with van der Waals surface area (Å²) in [6.45, 7) is 12.6. The maximum Gasteiger partial charge on any atom is 0.319 e. The zero-order valence-electron chi connectivity index (χ0n) is 23.2. The first-order chi connectivity index (χ1) is 20.3. The summed E-state index contributed by atoms with van der Waals surface area (Å²) in [6.07, 6.45) is 2.12. The number of hydrogen-bond acceptors (Lipinski definition) is 7. The molecule has 4 aromatic rings. The molecule has 2 saturated heterocycles. The SMILES string of the molecule is [C-]#[N+]C[C@H]1CN(c2nc(OC[C@@H]3CCCN3C)nc3cc(-c4cccc5sccc45)c(F)cc23)CCN1C(=O)C(=C)F. The average Bonchev–Trinajstić information content (AvgIpc) is 3.64. The Morgan fingerprint density at radius 2 is 2.02 bits per heavy atom. The maximum absolute atomic E-state index is 15.9. The van der Waals surface area contributed by atoms with E-state index in [9.17, 15) is 9.18 Å². The van der Waals surface area contributed by atoms with Crippen LogP contribution in [0, 0.1) is 12.4 Å². The van der Waals surface area contributed by atoms with E-state index in [4.69, 9.17) is 21.3 Å². The van der Waals surface area contributed by atoms with Gasteiger partial charge in [-0.05, 0) is 61.6 Å². The lowest BCUT2D eigenvalue weighted by Crippen LogP contribution is -2.56. The van der Waals surface area contributed by atoms with Crippen LogP contribution in [0.1, 0.15) is 12.8 Å². The molecule has 42 heavy (non-hydrogen) atoms. The van der Waals surface area contributed by atoms with Crippen LogP contribution in [0.3, 0.4) is 0 Å². The molecule has 2 atom stereocenters. The van der Waals surface area contributed by atoms with Crippen LogP contribution < -0.4 is 9.64 Å². The fourth-order valence-corrected chi connectivity index (χ4v) is 6.76. The van der Waals surface area contributed by atoms with Crippen LogP contribution in [0.5, 0.6) is 6.01 Å². The van der Waals surface area contributed by atoms with Gasteiger partial charge in [-0.2, -0.15) is 9.97 Å². The van der Waals surface area contributed by atoms with E-state index in [1.807, 2.05) is 34.5 Å². The molecule has 4 heterocycles. The Bertz CT molecular complexity index is 1720. The highest BCUT2D eigenvalue weighted by Gasteiger charge is 2.35. The van der Waals surface area contributed by atoms with Crippen molar-refractivity contribution in [1.29, 1.82) is 0 Å². The molecule has 2 aromatic heterocycles. The second-order valence-corrected chi connectivity index (χ2v) is 11.7. The van der Waals surface area contributed by atoms with E-state index < -0.39 is 23.6 Å². The number of piperazine rings is 1. The molecule has 11 heteroatoms. The Balaban J connectivity index is 1.42. The third-order valence-corrected chi connectivity index (χ3v) is 9.07. The Kier molecular flexibility index (Phi) is 7.75.